The van der Waals surface area contributed by atoms with E-state index in [1.54, 1.807) is 24.3 Å². The van der Waals surface area contributed by atoms with Crippen molar-refractivity contribution in [3.8, 4) is 17.0 Å². The molecule has 0 saturated carbocycles. The zero-order valence-corrected chi connectivity index (χ0v) is 17.3. The molecule has 5 heteroatoms. The number of hydrogen-bond acceptors (Lipinski definition) is 5. The second-order valence-corrected chi connectivity index (χ2v) is 7.07. The number of para-hydroxylation sites is 1. The van der Waals surface area contributed by atoms with Crippen LogP contribution in [0.25, 0.3) is 22.2 Å². The fourth-order valence-electron chi connectivity index (χ4n) is 3.53. The van der Waals surface area contributed by atoms with E-state index >= 15 is 0 Å². The average molecular weight is 411 g/mol. The third kappa shape index (κ3) is 4.16. The normalized spacial score (nSPS) is 10.6. The number of ketones is 1. The van der Waals surface area contributed by atoms with Gasteiger partial charge in [0.05, 0.1) is 23.9 Å². The summed E-state index contributed by atoms with van der Waals surface area (Å²) in [6.07, 6.45) is 0. The summed E-state index contributed by atoms with van der Waals surface area (Å²) >= 11 is 0. The molecule has 1 heterocycles. The van der Waals surface area contributed by atoms with Gasteiger partial charge in [0.1, 0.15) is 5.75 Å². The number of nitrogens with zero attached hydrogens (tertiary/aromatic N) is 1. The molecule has 0 radical (unpaired) electrons. The van der Waals surface area contributed by atoms with E-state index in [0.717, 1.165) is 5.56 Å². The van der Waals surface area contributed by atoms with Crippen LogP contribution in [0.2, 0.25) is 0 Å². The summed E-state index contributed by atoms with van der Waals surface area (Å²) in [5.41, 5.74) is 3.87. The molecule has 0 spiro atoms. The van der Waals surface area contributed by atoms with Gasteiger partial charge in [0, 0.05) is 16.5 Å². The van der Waals surface area contributed by atoms with Crippen LogP contribution in [0.5, 0.6) is 5.75 Å². The van der Waals surface area contributed by atoms with Gasteiger partial charge in [0.15, 0.2) is 12.4 Å². The lowest BCUT2D eigenvalue weighted by molar-refractivity contribution is 0.0476. The van der Waals surface area contributed by atoms with Crippen molar-refractivity contribution in [1.82, 2.24) is 4.98 Å². The molecule has 0 fully saturated rings. The van der Waals surface area contributed by atoms with E-state index in [-0.39, 0.29) is 12.4 Å². The number of ether oxygens (including phenoxy) is 2. The van der Waals surface area contributed by atoms with Gasteiger partial charge < -0.3 is 9.47 Å². The minimum atomic E-state index is -0.551. The van der Waals surface area contributed by atoms with E-state index in [1.165, 1.54) is 7.11 Å². The number of fused-ring (bicyclic) bond motifs is 1. The molecular weight excluding hydrogens is 390 g/mol. The maximum absolute atomic E-state index is 13.1. The summed E-state index contributed by atoms with van der Waals surface area (Å²) in [6, 6.07) is 23.9. The SMILES string of the molecule is COc1cccc(C(=O)COC(=O)c2c(C)c(-c3ccccc3)nc3ccccc23)c1. The molecule has 0 atom stereocenters. The Bertz CT molecular complexity index is 1270. The molecule has 4 rings (SSSR count). The minimum absolute atomic E-state index is 0.299. The van der Waals surface area contributed by atoms with Crippen LogP contribution in [-0.4, -0.2) is 30.5 Å². The lowest BCUT2D eigenvalue weighted by Crippen LogP contribution is -2.16. The molecule has 0 bridgehead atoms. The molecule has 0 saturated heterocycles. The summed E-state index contributed by atoms with van der Waals surface area (Å²) < 4.78 is 10.6. The Morgan fingerprint density at radius 2 is 1.65 bits per heavy atom. The molecule has 0 N–H and O–H groups in total. The van der Waals surface area contributed by atoms with Crippen LogP contribution < -0.4 is 4.74 Å². The third-order valence-electron chi connectivity index (χ3n) is 5.11. The number of benzene rings is 3. The third-order valence-corrected chi connectivity index (χ3v) is 5.11. The van der Waals surface area contributed by atoms with Crippen molar-refractivity contribution in [3.05, 3.63) is 95.6 Å². The van der Waals surface area contributed by atoms with Gasteiger partial charge >= 0.3 is 5.97 Å². The molecule has 5 nitrogen and oxygen atoms in total. The predicted octanol–water partition coefficient (Wildman–Crippen LogP) is 5.26. The highest BCUT2D eigenvalue weighted by Crippen LogP contribution is 2.30. The van der Waals surface area contributed by atoms with E-state index in [2.05, 4.69) is 0 Å². The van der Waals surface area contributed by atoms with Crippen LogP contribution in [0.3, 0.4) is 0 Å². The fourth-order valence-corrected chi connectivity index (χ4v) is 3.53. The number of hydrogen-bond donors (Lipinski definition) is 0. The molecule has 0 amide bonds. The standard InChI is InChI=1S/C26H21NO4/c1-17-24(26(29)31-16-23(28)19-11-8-12-20(15-19)30-2)21-13-6-7-14-22(21)27-25(17)18-9-4-3-5-10-18/h3-15H,16H2,1-2H3. The van der Waals surface area contributed by atoms with E-state index in [4.69, 9.17) is 14.5 Å². The van der Waals surface area contributed by atoms with Gasteiger partial charge in [-0.3, -0.25) is 4.79 Å². The quantitative estimate of drug-likeness (QED) is 0.320. The molecule has 3 aromatic carbocycles. The van der Waals surface area contributed by atoms with Gasteiger partial charge in [0.2, 0.25) is 0 Å². The topological polar surface area (TPSA) is 65.5 Å². The molecule has 154 valence electrons. The first kappa shape index (κ1) is 20.3. The van der Waals surface area contributed by atoms with Crippen molar-refractivity contribution in [2.24, 2.45) is 0 Å². The zero-order valence-electron chi connectivity index (χ0n) is 17.3. The first-order chi connectivity index (χ1) is 15.1. The van der Waals surface area contributed by atoms with Gasteiger partial charge in [-0.15, -0.1) is 0 Å². The smallest absolute Gasteiger partial charge is 0.339 e. The summed E-state index contributed by atoms with van der Waals surface area (Å²) in [6.45, 7) is 1.49. The van der Waals surface area contributed by atoms with Crippen molar-refractivity contribution >= 4 is 22.7 Å². The molecule has 0 aliphatic carbocycles. The van der Waals surface area contributed by atoms with Gasteiger partial charge in [0.25, 0.3) is 0 Å². The Labute approximate surface area is 180 Å². The molecule has 0 unspecified atom stereocenters. The molecule has 31 heavy (non-hydrogen) atoms. The molecule has 0 aliphatic rings. The Kier molecular flexibility index (Phi) is 5.76. The van der Waals surface area contributed by atoms with E-state index < -0.39 is 5.97 Å². The van der Waals surface area contributed by atoms with Crippen molar-refractivity contribution in [3.63, 3.8) is 0 Å². The number of methoxy groups -OCH3 is 1. The van der Waals surface area contributed by atoms with Gasteiger partial charge in [-0.05, 0) is 30.7 Å². The molecule has 4 aromatic rings. The zero-order chi connectivity index (χ0) is 21.8. The Balaban J connectivity index is 1.67. The number of Topliss-reactive ketones (excluding diaryl/α,β-unsaturated/α-hetero) is 1. The molecule has 0 aliphatic heterocycles. The van der Waals surface area contributed by atoms with Crippen molar-refractivity contribution in [1.29, 1.82) is 0 Å². The maximum atomic E-state index is 13.1. The van der Waals surface area contributed by atoms with Gasteiger partial charge in [-0.1, -0.05) is 60.7 Å². The van der Waals surface area contributed by atoms with Crippen LogP contribution in [0.4, 0.5) is 0 Å². The van der Waals surface area contributed by atoms with Crippen LogP contribution in [0, 0.1) is 6.92 Å². The number of esters is 1. The first-order valence-electron chi connectivity index (χ1n) is 9.87. The highest BCUT2D eigenvalue weighted by atomic mass is 16.5. The van der Waals surface area contributed by atoms with Crippen molar-refractivity contribution in [2.75, 3.05) is 13.7 Å². The monoisotopic (exact) mass is 411 g/mol. The summed E-state index contributed by atoms with van der Waals surface area (Å²) in [4.78, 5) is 30.4. The van der Waals surface area contributed by atoms with Crippen LogP contribution >= 0.6 is 0 Å². The maximum Gasteiger partial charge on any atom is 0.339 e. The largest absolute Gasteiger partial charge is 0.497 e. The number of aromatic nitrogens is 1. The van der Waals surface area contributed by atoms with Crippen molar-refractivity contribution in [2.45, 2.75) is 6.92 Å². The van der Waals surface area contributed by atoms with E-state index in [1.807, 2.05) is 61.5 Å². The Hall–Kier alpha value is -3.99. The van der Waals surface area contributed by atoms with Crippen LogP contribution in [-0.2, 0) is 4.74 Å². The Morgan fingerprint density at radius 1 is 0.903 bits per heavy atom. The first-order valence-corrected chi connectivity index (χ1v) is 9.87. The average Bonchev–Trinajstić information content (AvgIpc) is 2.82. The fraction of sp³-hybridized carbons (Fsp3) is 0.115. The summed E-state index contributed by atoms with van der Waals surface area (Å²) in [7, 11) is 1.53. The molecule has 1 aromatic heterocycles. The van der Waals surface area contributed by atoms with Crippen LogP contribution in [0.1, 0.15) is 26.3 Å². The second-order valence-electron chi connectivity index (χ2n) is 7.07. The van der Waals surface area contributed by atoms with Gasteiger partial charge in [-0.2, -0.15) is 0 Å². The van der Waals surface area contributed by atoms with Crippen LogP contribution in [0.15, 0.2) is 78.9 Å². The van der Waals surface area contributed by atoms with E-state index in [0.29, 0.717) is 39.0 Å². The van der Waals surface area contributed by atoms with E-state index in [9.17, 15) is 9.59 Å². The number of pyridine rings is 1. The number of carbonyl (C=O) groups excluding carboxylic acids is 2. The number of rotatable bonds is 6. The lowest BCUT2D eigenvalue weighted by Gasteiger charge is -2.14. The highest BCUT2D eigenvalue weighted by molar-refractivity contribution is 6.07. The minimum Gasteiger partial charge on any atom is -0.497 e. The van der Waals surface area contributed by atoms with Gasteiger partial charge in [-0.25, -0.2) is 9.78 Å². The predicted molar refractivity (Wildman–Crippen MR) is 120 cm³/mol. The Morgan fingerprint density at radius 3 is 2.42 bits per heavy atom. The second kappa shape index (κ2) is 8.79. The molecular formula is C26H21NO4. The lowest BCUT2D eigenvalue weighted by atomic mass is 9.98. The van der Waals surface area contributed by atoms with Crippen molar-refractivity contribution < 1.29 is 19.1 Å². The highest BCUT2D eigenvalue weighted by Gasteiger charge is 2.21. The summed E-state index contributed by atoms with van der Waals surface area (Å²) in [5, 5.41) is 0.693. The summed E-state index contributed by atoms with van der Waals surface area (Å²) in [5.74, 6) is -0.281. The number of carbonyl (C=O) groups is 2.